The molecule has 0 aromatic carbocycles. The Balaban J connectivity index is 1.74. The minimum Gasteiger partial charge on any atom is -0.335 e. The van der Waals surface area contributed by atoms with Crippen LogP contribution in [0.25, 0.3) is 0 Å². The van der Waals surface area contributed by atoms with Crippen LogP contribution in [0.2, 0.25) is 0 Å². The van der Waals surface area contributed by atoms with E-state index in [0.717, 1.165) is 21.8 Å². The molecule has 0 aliphatic heterocycles. The highest BCUT2D eigenvalue weighted by molar-refractivity contribution is 9.11. The smallest absolute Gasteiger partial charge is 0.254 e. The molecule has 2 aliphatic carbocycles. The zero-order valence-electron chi connectivity index (χ0n) is 8.99. The summed E-state index contributed by atoms with van der Waals surface area (Å²) < 4.78 is 1.04. The van der Waals surface area contributed by atoms with Crippen molar-refractivity contribution in [3.05, 3.63) is 20.8 Å². The first kappa shape index (κ1) is 10.8. The fourth-order valence-electron chi connectivity index (χ4n) is 1.95. The number of rotatable bonds is 4. The number of carbonyl (C=O) groups is 1. The summed E-state index contributed by atoms with van der Waals surface area (Å²) in [5, 5.41) is 1.95. The second-order valence-corrected chi connectivity index (χ2v) is 7.06. The number of hydrogen-bond acceptors (Lipinski definition) is 2. The van der Waals surface area contributed by atoms with Gasteiger partial charge in [-0.1, -0.05) is 0 Å². The predicted octanol–water partition coefficient (Wildman–Crippen LogP) is 3.53. The first-order valence-corrected chi connectivity index (χ1v) is 7.46. The first-order chi connectivity index (χ1) is 7.74. The molecule has 2 saturated carbocycles. The fraction of sp³-hybridized carbons (Fsp3) is 0.583. The first-order valence-electron chi connectivity index (χ1n) is 5.79. The Kier molecular flexibility index (Phi) is 2.80. The summed E-state index contributed by atoms with van der Waals surface area (Å²) in [6, 6.07) is 2.47. The van der Waals surface area contributed by atoms with Crippen molar-refractivity contribution >= 4 is 33.2 Å². The second kappa shape index (κ2) is 4.15. The Morgan fingerprint density at radius 2 is 2.19 bits per heavy atom. The van der Waals surface area contributed by atoms with Gasteiger partial charge in [0, 0.05) is 18.0 Å². The molecule has 16 heavy (non-hydrogen) atoms. The summed E-state index contributed by atoms with van der Waals surface area (Å²) in [5.41, 5.74) is 0.851. The molecule has 4 heteroatoms. The van der Waals surface area contributed by atoms with E-state index < -0.39 is 0 Å². The highest BCUT2D eigenvalue weighted by atomic mass is 79.9. The van der Waals surface area contributed by atoms with Crippen molar-refractivity contribution in [3.63, 3.8) is 0 Å². The third-order valence-electron chi connectivity index (χ3n) is 3.21. The highest BCUT2D eigenvalue weighted by Gasteiger charge is 2.36. The van der Waals surface area contributed by atoms with Gasteiger partial charge in [-0.2, -0.15) is 0 Å². The molecule has 0 radical (unpaired) electrons. The number of nitrogens with zero attached hydrogens (tertiary/aromatic N) is 1. The molecule has 86 valence electrons. The van der Waals surface area contributed by atoms with Crippen LogP contribution in [0.4, 0.5) is 0 Å². The van der Waals surface area contributed by atoms with E-state index in [1.165, 1.54) is 25.7 Å². The lowest BCUT2D eigenvalue weighted by Crippen LogP contribution is -2.34. The van der Waals surface area contributed by atoms with Crippen molar-refractivity contribution < 1.29 is 4.79 Å². The van der Waals surface area contributed by atoms with Crippen molar-refractivity contribution in [2.75, 3.05) is 6.54 Å². The van der Waals surface area contributed by atoms with Gasteiger partial charge >= 0.3 is 0 Å². The predicted molar refractivity (Wildman–Crippen MR) is 68.8 cm³/mol. The monoisotopic (exact) mass is 299 g/mol. The third-order valence-corrected chi connectivity index (χ3v) is 4.72. The lowest BCUT2D eigenvalue weighted by molar-refractivity contribution is 0.0735. The van der Waals surface area contributed by atoms with Gasteiger partial charge in [0.25, 0.3) is 5.91 Å². The quantitative estimate of drug-likeness (QED) is 0.833. The van der Waals surface area contributed by atoms with Gasteiger partial charge in [-0.25, -0.2) is 0 Å². The van der Waals surface area contributed by atoms with Gasteiger partial charge in [0.15, 0.2) is 0 Å². The number of hydrogen-bond donors (Lipinski definition) is 0. The Morgan fingerprint density at radius 1 is 1.44 bits per heavy atom. The zero-order chi connectivity index (χ0) is 11.1. The average molecular weight is 300 g/mol. The lowest BCUT2D eigenvalue weighted by atomic mass is 10.2. The van der Waals surface area contributed by atoms with Gasteiger partial charge in [0.2, 0.25) is 0 Å². The van der Waals surface area contributed by atoms with Crippen LogP contribution >= 0.6 is 27.3 Å². The van der Waals surface area contributed by atoms with E-state index in [0.29, 0.717) is 6.04 Å². The van der Waals surface area contributed by atoms with Gasteiger partial charge in [0.05, 0.1) is 9.35 Å². The summed E-state index contributed by atoms with van der Waals surface area (Å²) in [5.74, 6) is 1.02. The molecular weight excluding hydrogens is 286 g/mol. The van der Waals surface area contributed by atoms with E-state index in [4.69, 9.17) is 0 Å². The molecule has 3 rings (SSSR count). The molecule has 1 aromatic heterocycles. The molecule has 0 bridgehead atoms. The summed E-state index contributed by atoms with van der Waals surface area (Å²) in [7, 11) is 0. The van der Waals surface area contributed by atoms with Crippen LogP contribution in [0.5, 0.6) is 0 Å². The number of thiophene rings is 1. The molecule has 1 amide bonds. The zero-order valence-corrected chi connectivity index (χ0v) is 11.4. The summed E-state index contributed by atoms with van der Waals surface area (Å²) in [6.07, 6.45) is 5.02. The van der Waals surface area contributed by atoms with Crippen molar-refractivity contribution in [2.45, 2.75) is 31.7 Å². The molecule has 2 aliphatic rings. The maximum Gasteiger partial charge on any atom is 0.254 e. The molecule has 0 saturated heterocycles. The number of halogens is 1. The molecule has 1 aromatic rings. The summed E-state index contributed by atoms with van der Waals surface area (Å²) >= 11 is 5.00. The van der Waals surface area contributed by atoms with Crippen LogP contribution in [0.1, 0.15) is 36.0 Å². The molecule has 2 fully saturated rings. The second-order valence-electron chi connectivity index (χ2n) is 4.77. The largest absolute Gasteiger partial charge is 0.335 e. The van der Waals surface area contributed by atoms with E-state index in [-0.39, 0.29) is 5.91 Å². The molecule has 1 heterocycles. The molecule has 0 spiro atoms. The molecular formula is C12H14BrNOS. The van der Waals surface area contributed by atoms with Crippen LogP contribution in [0.15, 0.2) is 15.2 Å². The number of amides is 1. The van der Waals surface area contributed by atoms with Crippen molar-refractivity contribution in [1.82, 2.24) is 4.90 Å². The molecule has 2 nitrogen and oxygen atoms in total. The van der Waals surface area contributed by atoms with Gasteiger partial charge in [0.1, 0.15) is 0 Å². The SMILES string of the molecule is O=C(c1csc(Br)c1)N(CC1CC1)C1CC1. The summed E-state index contributed by atoms with van der Waals surface area (Å²) in [6.45, 7) is 0.983. The maximum atomic E-state index is 12.3. The molecule has 0 unspecified atom stereocenters. The van der Waals surface area contributed by atoms with Crippen molar-refractivity contribution in [3.8, 4) is 0 Å². The van der Waals surface area contributed by atoms with Crippen LogP contribution < -0.4 is 0 Å². The van der Waals surface area contributed by atoms with Crippen molar-refractivity contribution in [2.24, 2.45) is 5.92 Å². The fourth-order valence-corrected chi connectivity index (χ4v) is 3.08. The maximum absolute atomic E-state index is 12.3. The highest BCUT2D eigenvalue weighted by Crippen LogP contribution is 2.36. The molecule has 0 atom stereocenters. The molecule has 0 N–H and O–H groups in total. The van der Waals surface area contributed by atoms with Crippen molar-refractivity contribution in [1.29, 1.82) is 0 Å². The van der Waals surface area contributed by atoms with E-state index in [1.807, 2.05) is 11.4 Å². The third kappa shape index (κ3) is 2.33. The Morgan fingerprint density at radius 3 is 2.69 bits per heavy atom. The van der Waals surface area contributed by atoms with Crippen LogP contribution in [-0.4, -0.2) is 23.4 Å². The minimum atomic E-state index is 0.233. The van der Waals surface area contributed by atoms with E-state index in [2.05, 4.69) is 20.8 Å². The summed E-state index contributed by atoms with van der Waals surface area (Å²) in [4.78, 5) is 14.4. The normalized spacial score (nSPS) is 19.8. The Hall–Kier alpha value is -0.350. The topological polar surface area (TPSA) is 20.3 Å². The van der Waals surface area contributed by atoms with E-state index in [9.17, 15) is 4.79 Å². The lowest BCUT2D eigenvalue weighted by Gasteiger charge is -2.21. The van der Waals surface area contributed by atoms with Gasteiger partial charge in [-0.15, -0.1) is 11.3 Å². The van der Waals surface area contributed by atoms with Crippen LogP contribution in [-0.2, 0) is 0 Å². The van der Waals surface area contributed by atoms with Crippen LogP contribution in [0.3, 0.4) is 0 Å². The minimum absolute atomic E-state index is 0.233. The van der Waals surface area contributed by atoms with E-state index >= 15 is 0 Å². The average Bonchev–Trinajstić information content (AvgIpc) is 3.15. The standard InChI is InChI=1S/C12H14BrNOS/c13-11-5-9(7-16-11)12(15)14(10-3-4-10)6-8-1-2-8/h5,7-8,10H,1-4,6H2. The Bertz CT molecular complexity index is 409. The van der Waals surface area contributed by atoms with E-state index in [1.54, 1.807) is 11.3 Å². The van der Waals surface area contributed by atoms with Gasteiger partial charge in [-0.05, 0) is 53.6 Å². The van der Waals surface area contributed by atoms with Crippen LogP contribution in [0, 0.1) is 5.92 Å². The van der Waals surface area contributed by atoms with Gasteiger partial charge < -0.3 is 4.90 Å². The number of carbonyl (C=O) groups excluding carboxylic acids is 1. The van der Waals surface area contributed by atoms with Gasteiger partial charge in [-0.3, -0.25) is 4.79 Å². The Labute approximate surface area is 108 Å².